The standard InChI is InChI=1S/C16H14/c1-3-7-13(8-4-1)15-11-16(12-15)14-9-5-2-6-10-14/h1-10H,11-12H2. The Bertz CT molecular complexity index is 394. The largest absolute Gasteiger partial charge is 0.0622 e. The number of rotatable bonds is 2. The average Bonchev–Trinajstić information content (AvgIpc) is 2.30. The monoisotopic (exact) mass is 206 g/mol. The van der Waals surface area contributed by atoms with Crippen molar-refractivity contribution in [2.45, 2.75) is 12.8 Å². The summed E-state index contributed by atoms with van der Waals surface area (Å²) in [5, 5.41) is 0. The van der Waals surface area contributed by atoms with Crippen molar-refractivity contribution in [2.75, 3.05) is 0 Å². The SMILES string of the molecule is c1ccc([C]2C[C](c3ccccc3)C2)cc1. The van der Waals surface area contributed by atoms with Crippen molar-refractivity contribution in [3.8, 4) is 0 Å². The van der Waals surface area contributed by atoms with Gasteiger partial charge in [0.2, 0.25) is 0 Å². The summed E-state index contributed by atoms with van der Waals surface area (Å²) in [7, 11) is 0. The molecule has 2 aromatic carbocycles. The molecule has 2 aromatic rings. The highest BCUT2D eigenvalue weighted by molar-refractivity contribution is 5.47. The minimum absolute atomic E-state index is 1.15. The lowest BCUT2D eigenvalue weighted by molar-refractivity contribution is 0.651. The van der Waals surface area contributed by atoms with E-state index in [0.29, 0.717) is 0 Å². The Morgan fingerprint density at radius 2 is 0.875 bits per heavy atom. The minimum atomic E-state index is 1.15. The van der Waals surface area contributed by atoms with Crippen LogP contribution in [0.25, 0.3) is 0 Å². The summed E-state index contributed by atoms with van der Waals surface area (Å²) in [5.74, 6) is 3.14. The molecule has 0 atom stereocenters. The van der Waals surface area contributed by atoms with Crippen molar-refractivity contribution < 1.29 is 0 Å². The van der Waals surface area contributed by atoms with Gasteiger partial charge in [-0.1, -0.05) is 60.7 Å². The van der Waals surface area contributed by atoms with Gasteiger partial charge >= 0.3 is 0 Å². The van der Waals surface area contributed by atoms with Gasteiger partial charge in [-0.15, -0.1) is 0 Å². The summed E-state index contributed by atoms with van der Waals surface area (Å²) in [6.45, 7) is 0. The van der Waals surface area contributed by atoms with Gasteiger partial charge in [-0.05, 0) is 24.0 Å². The van der Waals surface area contributed by atoms with Crippen LogP contribution in [0.1, 0.15) is 24.0 Å². The predicted octanol–water partition coefficient (Wildman–Crippen LogP) is 4.03. The third-order valence-electron chi connectivity index (χ3n) is 3.22. The topological polar surface area (TPSA) is 0 Å². The summed E-state index contributed by atoms with van der Waals surface area (Å²) >= 11 is 0. The quantitative estimate of drug-likeness (QED) is 0.696. The first kappa shape index (κ1) is 9.65. The highest BCUT2D eigenvalue weighted by Crippen LogP contribution is 2.45. The molecule has 0 aliphatic heterocycles. The molecular formula is C16H14. The molecule has 16 heavy (non-hydrogen) atoms. The maximum absolute atomic E-state index is 2.21. The number of hydrogen-bond acceptors (Lipinski definition) is 0. The maximum atomic E-state index is 2.21. The Morgan fingerprint density at radius 3 is 1.25 bits per heavy atom. The molecule has 0 heteroatoms. The molecular weight excluding hydrogens is 192 g/mol. The Labute approximate surface area is 96.9 Å². The average molecular weight is 206 g/mol. The van der Waals surface area contributed by atoms with Crippen molar-refractivity contribution in [1.82, 2.24) is 0 Å². The fourth-order valence-electron chi connectivity index (χ4n) is 2.22. The first-order chi connectivity index (χ1) is 7.93. The van der Waals surface area contributed by atoms with E-state index in [4.69, 9.17) is 0 Å². The zero-order valence-electron chi connectivity index (χ0n) is 9.19. The van der Waals surface area contributed by atoms with Crippen LogP contribution < -0.4 is 0 Å². The van der Waals surface area contributed by atoms with Crippen molar-refractivity contribution in [1.29, 1.82) is 0 Å². The zero-order valence-corrected chi connectivity index (χ0v) is 9.19. The third kappa shape index (κ3) is 1.76. The van der Waals surface area contributed by atoms with Gasteiger partial charge in [-0.25, -0.2) is 0 Å². The van der Waals surface area contributed by atoms with E-state index in [0.717, 1.165) is 12.8 Å². The van der Waals surface area contributed by atoms with Crippen LogP contribution in [0.4, 0.5) is 0 Å². The molecule has 1 fully saturated rings. The van der Waals surface area contributed by atoms with E-state index >= 15 is 0 Å². The summed E-state index contributed by atoms with van der Waals surface area (Å²) in [6, 6.07) is 21.4. The number of benzene rings is 2. The molecule has 3 rings (SSSR count). The lowest BCUT2D eigenvalue weighted by atomic mass is 9.69. The van der Waals surface area contributed by atoms with E-state index < -0.39 is 0 Å². The van der Waals surface area contributed by atoms with Crippen molar-refractivity contribution in [3.63, 3.8) is 0 Å². The molecule has 0 saturated heterocycles. The molecule has 0 spiro atoms. The van der Waals surface area contributed by atoms with Gasteiger partial charge in [0.25, 0.3) is 0 Å². The molecule has 1 aliphatic carbocycles. The minimum Gasteiger partial charge on any atom is -0.0622 e. The molecule has 1 aliphatic rings. The Balaban J connectivity index is 1.68. The maximum Gasteiger partial charge on any atom is 0.00680 e. The van der Waals surface area contributed by atoms with E-state index in [9.17, 15) is 0 Å². The van der Waals surface area contributed by atoms with Gasteiger partial charge in [0, 0.05) is 11.8 Å². The normalized spacial score (nSPS) is 17.0. The summed E-state index contributed by atoms with van der Waals surface area (Å²) < 4.78 is 0. The zero-order chi connectivity index (χ0) is 10.8. The van der Waals surface area contributed by atoms with E-state index in [1.54, 1.807) is 11.8 Å². The Kier molecular flexibility index (Phi) is 2.49. The third-order valence-corrected chi connectivity index (χ3v) is 3.22. The lowest BCUT2D eigenvalue weighted by Gasteiger charge is -2.34. The van der Waals surface area contributed by atoms with Gasteiger partial charge in [-0.3, -0.25) is 0 Å². The van der Waals surface area contributed by atoms with Crippen LogP contribution in [0.5, 0.6) is 0 Å². The fraction of sp³-hybridized carbons (Fsp3) is 0.125. The van der Waals surface area contributed by atoms with Crippen LogP contribution in [0, 0.1) is 11.8 Å². The fourth-order valence-corrected chi connectivity index (χ4v) is 2.22. The highest BCUT2D eigenvalue weighted by Gasteiger charge is 2.32. The smallest absolute Gasteiger partial charge is 0.00680 e. The molecule has 0 N–H and O–H groups in total. The molecule has 2 radical (unpaired) electrons. The highest BCUT2D eigenvalue weighted by atomic mass is 14.3. The molecule has 0 unspecified atom stereocenters. The van der Waals surface area contributed by atoms with E-state index in [2.05, 4.69) is 60.7 Å². The van der Waals surface area contributed by atoms with Crippen molar-refractivity contribution in [2.24, 2.45) is 0 Å². The summed E-state index contributed by atoms with van der Waals surface area (Å²) in [6.07, 6.45) is 2.29. The van der Waals surface area contributed by atoms with Gasteiger partial charge in [-0.2, -0.15) is 0 Å². The van der Waals surface area contributed by atoms with E-state index in [1.165, 1.54) is 11.1 Å². The molecule has 0 aromatic heterocycles. The predicted molar refractivity (Wildman–Crippen MR) is 66.8 cm³/mol. The molecule has 1 saturated carbocycles. The van der Waals surface area contributed by atoms with Crippen LogP contribution in [-0.4, -0.2) is 0 Å². The second-order valence-corrected chi connectivity index (χ2v) is 4.29. The van der Waals surface area contributed by atoms with Gasteiger partial charge < -0.3 is 0 Å². The van der Waals surface area contributed by atoms with Crippen LogP contribution in [-0.2, 0) is 0 Å². The van der Waals surface area contributed by atoms with Crippen LogP contribution in [0.15, 0.2) is 60.7 Å². The molecule has 0 amide bonds. The van der Waals surface area contributed by atoms with E-state index in [1.807, 2.05) is 0 Å². The van der Waals surface area contributed by atoms with Gasteiger partial charge in [0.05, 0.1) is 0 Å². The van der Waals surface area contributed by atoms with Crippen molar-refractivity contribution >= 4 is 0 Å². The molecule has 0 nitrogen and oxygen atoms in total. The van der Waals surface area contributed by atoms with Crippen LogP contribution >= 0.6 is 0 Å². The van der Waals surface area contributed by atoms with Crippen molar-refractivity contribution in [3.05, 3.63) is 83.6 Å². The van der Waals surface area contributed by atoms with Gasteiger partial charge in [0.15, 0.2) is 0 Å². The second-order valence-electron chi connectivity index (χ2n) is 4.29. The summed E-state index contributed by atoms with van der Waals surface area (Å²) in [5.41, 5.74) is 2.81. The molecule has 0 bridgehead atoms. The first-order valence-corrected chi connectivity index (χ1v) is 5.74. The lowest BCUT2D eigenvalue weighted by Crippen LogP contribution is -2.21. The van der Waals surface area contributed by atoms with Gasteiger partial charge in [0.1, 0.15) is 0 Å². The number of hydrogen-bond donors (Lipinski definition) is 0. The first-order valence-electron chi connectivity index (χ1n) is 5.74. The summed E-state index contributed by atoms with van der Waals surface area (Å²) in [4.78, 5) is 0. The molecule has 0 heterocycles. The second kappa shape index (κ2) is 4.13. The van der Waals surface area contributed by atoms with Crippen LogP contribution in [0.3, 0.4) is 0 Å². The van der Waals surface area contributed by atoms with E-state index in [-0.39, 0.29) is 0 Å². The Morgan fingerprint density at radius 1 is 0.500 bits per heavy atom. The Hall–Kier alpha value is -1.56. The van der Waals surface area contributed by atoms with Crippen LogP contribution in [0.2, 0.25) is 0 Å². The molecule has 78 valence electrons.